The Morgan fingerprint density at radius 3 is 2.52 bits per heavy atom. The normalized spacial score (nSPS) is 16.4. The molecule has 0 aliphatic carbocycles. The fourth-order valence-corrected chi connectivity index (χ4v) is 6.94. The standard InChI is InChI=1S/C19H23FN4O7S2/c1-23(33(30,31)11-32(2,28)29)14-4-3-9-24-17(14)22-15(16(25)19(24)27)18(26)21-10-12-5-7-13(20)8-6-12/h5-8,14,25H,3-4,9-11H2,1-2H3,(H,21,26). The van der Waals surface area contributed by atoms with Crippen LogP contribution in [0.2, 0.25) is 0 Å². The van der Waals surface area contributed by atoms with Gasteiger partial charge in [-0.15, -0.1) is 0 Å². The summed E-state index contributed by atoms with van der Waals surface area (Å²) >= 11 is 0. The summed E-state index contributed by atoms with van der Waals surface area (Å²) in [7, 11) is -6.96. The number of halogens is 1. The molecular formula is C19H23FN4O7S2. The van der Waals surface area contributed by atoms with Crippen molar-refractivity contribution in [2.24, 2.45) is 0 Å². The summed E-state index contributed by atoms with van der Waals surface area (Å²) in [5.74, 6) is -2.30. The molecule has 0 bridgehead atoms. The molecule has 3 rings (SSSR count). The summed E-state index contributed by atoms with van der Waals surface area (Å²) in [6.07, 6.45) is 1.39. The summed E-state index contributed by atoms with van der Waals surface area (Å²) in [6.45, 7) is 0.105. The second kappa shape index (κ2) is 9.19. The molecule has 1 unspecified atom stereocenters. The molecule has 0 fully saturated rings. The van der Waals surface area contributed by atoms with Crippen LogP contribution in [-0.4, -0.2) is 60.1 Å². The number of amides is 1. The van der Waals surface area contributed by atoms with Crippen LogP contribution in [0, 0.1) is 5.82 Å². The molecule has 1 amide bonds. The van der Waals surface area contributed by atoms with Gasteiger partial charge in [-0.05, 0) is 30.5 Å². The molecular weight excluding hydrogens is 479 g/mol. The number of sulfonamides is 1. The van der Waals surface area contributed by atoms with E-state index in [1.165, 1.54) is 31.3 Å². The van der Waals surface area contributed by atoms with Gasteiger partial charge in [-0.25, -0.2) is 26.2 Å². The van der Waals surface area contributed by atoms with E-state index in [-0.39, 0.29) is 25.3 Å². The van der Waals surface area contributed by atoms with Crippen LogP contribution in [-0.2, 0) is 33.0 Å². The number of aromatic hydroxyl groups is 1. The molecule has 2 N–H and O–H groups in total. The summed E-state index contributed by atoms with van der Waals surface area (Å²) < 4.78 is 63.2. The van der Waals surface area contributed by atoms with Crippen molar-refractivity contribution < 1.29 is 31.1 Å². The number of nitrogens with zero attached hydrogens (tertiary/aromatic N) is 3. The fourth-order valence-electron chi connectivity index (χ4n) is 3.52. The van der Waals surface area contributed by atoms with Gasteiger partial charge < -0.3 is 10.4 Å². The smallest absolute Gasteiger partial charge is 0.296 e. The number of nitrogens with one attached hydrogen (secondary N) is 1. The second-order valence-corrected chi connectivity index (χ2v) is 12.3. The maximum Gasteiger partial charge on any atom is 0.296 e. The molecule has 11 nitrogen and oxygen atoms in total. The zero-order valence-corrected chi connectivity index (χ0v) is 19.5. The van der Waals surface area contributed by atoms with Crippen molar-refractivity contribution in [1.29, 1.82) is 0 Å². The predicted molar refractivity (Wildman–Crippen MR) is 116 cm³/mol. The zero-order valence-electron chi connectivity index (χ0n) is 17.9. The Labute approximate surface area is 189 Å². The monoisotopic (exact) mass is 502 g/mol. The van der Waals surface area contributed by atoms with Crippen molar-refractivity contribution in [3.63, 3.8) is 0 Å². The molecule has 14 heteroatoms. The van der Waals surface area contributed by atoms with Gasteiger partial charge in [0.25, 0.3) is 11.5 Å². The highest BCUT2D eigenvalue weighted by atomic mass is 32.3. The Hall–Kier alpha value is -2.84. The Bertz CT molecular complexity index is 1340. The minimum atomic E-state index is -4.27. The maximum atomic E-state index is 13.0. The van der Waals surface area contributed by atoms with E-state index in [0.717, 1.165) is 15.1 Å². The van der Waals surface area contributed by atoms with E-state index in [9.17, 15) is 35.9 Å². The summed E-state index contributed by atoms with van der Waals surface area (Å²) in [4.78, 5) is 29.4. The van der Waals surface area contributed by atoms with Crippen molar-refractivity contribution in [3.8, 4) is 5.75 Å². The Morgan fingerprint density at radius 1 is 1.27 bits per heavy atom. The summed E-state index contributed by atoms with van der Waals surface area (Å²) in [5, 5.41) is 11.6. The Balaban J connectivity index is 1.94. The highest BCUT2D eigenvalue weighted by molar-refractivity contribution is 8.06. The van der Waals surface area contributed by atoms with E-state index >= 15 is 0 Å². The Morgan fingerprint density at radius 2 is 1.91 bits per heavy atom. The maximum absolute atomic E-state index is 13.0. The van der Waals surface area contributed by atoms with Crippen molar-refractivity contribution >= 4 is 25.8 Å². The van der Waals surface area contributed by atoms with Gasteiger partial charge >= 0.3 is 0 Å². The van der Waals surface area contributed by atoms with Crippen LogP contribution in [0.15, 0.2) is 29.1 Å². The fraction of sp³-hybridized carbons (Fsp3) is 0.421. The molecule has 1 aliphatic heterocycles. The first-order valence-electron chi connectivity index (χ1n) is 9.80. The van der Waals surface area contributed by atoms with Gasteiger partial charge in [0.05, 0.1) is 6.04 Å². The second-order valence-electron chi connectivity index (χ2n) is 7.76. The topological polar surface area (TPSA) is 156 Å². The first-order valence-corrected chi connectivity index (χ1v) is 13.5. The molecule has 180 valence electrons. The zero-order chi connectivity index (χ0) is 24.6. The summed E-state index contributed by atoms with van der Waals surface area (Å²) in [6, 6.07) is 4.30. The molecule has 0 saturated heterocycles. The molecule has 2 heterocycles. The van der Waals surface area contributed by atoms with Gasteiger partial charge in [-0.2, -0.15) is 4.31 Å². The third-order valence-electron chi connectivity index (χ3n) is 5.15. The van der Waals surface area contributed by atoms with E-state index in [1.807, 2.05) is 0 Å². The molecule has 0 saturated carbocycles. The van der Waals surface area contributed by atoms with E-state index in [1.54, 1.807) is 0 Å². The number of sulfone groups is 1. The van der Waals surface area contributed by atoms with Gasteiger partial charge in [0.15, 0.2) is 20.6 Å². The van der Waals surface area contributed by atoms with Crippen molar-refractivity contribution in [1.82, 2.24) is 19.2 Å². The van der Waals surface area contributed by atoms with Crippen LogP contribution < -0.4 is 10.9 Å². The third-order valence-corrected chi connectivity index (χ3v) is 9.19. The quantitative estimate of drug-likeness (QED) is 0.541. The molecule has 33 heavy (non-hydrogen) atoms. The van der Waals surface area contributed by atoms with Gasteiger partial charge in [0, 0.05) is 26.4 Å². The lowest BCUT2D eigenvalue weighted by Crippen LogP contribution is -2.42. The first kappa shape index (κ1) is 24.8. The number of fused-ring (bicyclic) bond motifs is 1. The van der Waals surface area contributed by atoms with Gasteiger partial charge in [0.1, 0.15) is 11.6 Å². The average molecular weight is 503 g/mol. The van der Waals surface area contributed by atoms with E-state index < -0.39 is 59.7 Å². The molecule has 2 aromatic rings. The average Bonchev–Trinajstić information content (AvgIpc) is 2.73. The lowest BCUT2D eigenvalue weighted by atomic mass is 10.1. The van der Waals surface area contributed by atoms with Crippen LogP contribution in [0.1, 0.15) is 40.8 Å². The largest absolute Gasteiger partial charge is 0.501 e. The first-order chi connectivity index (χ1) is 15.3. The summed E-state index contributed by atoms with van der Waals surface area (Å²) in [5.41, 5.74) is -0.942. The molecule has 1 aromatic heterocycles. The number of carbonyl (C=O) groups excluding carboxylic acids is 1. The van der Waals surface area contributed by atoms with Gasteiger partial charge in [-0.1, -0.05) is 12.1 Å². The number of rotatable bonds is 7. The number of hydrogen-bond donors (Lipinski definition) is 2. The van der Waals surface area contributed by atoms with Crippen LogP contribution >= 0.6 is 0 Å². The van der Waals surface area contributed by atoms with E-state index in [2.05, 4.69) is 10.3 Å². The molecule has 0 spiro atoms. The van der Waals surface area contributed by atoms with E-state index in [4.69, 9.17) is 0 Å². The molecule has 1 atom stereocenters. The Kier molecular flexibility index (Phi) is 6.91. The molecule has 1 aromatic carbocycles. The predicted octanol–water partition coefficient (Wildman–Crippen LogP) is 0.117. The highest BCUT2D eigenvalue weighted by Gasteiger charge is 2.36. The number of carbonyl (C=O) groups is 1. The molecule has 1 aliphatic rings. The van der Waals surface area contributed by atoms with Gasteiger partial charge in [-0.3, -0.25) is 14.2 Å². The number of aromatic nitrogens is 2. The number of hydrogen-bond acceptors (Lipinski definition) is 8. The minimum Gasteiger partial charge on any atom is -0.501 e. The van der Waals surface area contributed by atoms with E-state index in [0.29, 0.717) is 12.0 Å². The lowest BCUT2D eigenvalue weighted by molar-refractivity contribution is 0.0940. The van der Waals surface area contributed by atoms with Crippen molar-refractivity contribution in [2.45, 2.75) is 32.0 Å². The van der Waals surface area contributed by atoms with Gasteiger partial charge in [0.2, 0.25) is 15.8 Å². The van der Waals surface area contributed by atoms with Crippen LogP contribution in [0.4, 0.5) is 4.39 Å². The third kappa shape index (κ3) is 5.57. The van der Waals surface area contributed by atoms with Crippen LogP contribution in [0.3, 0.4) is 0 Å². The van der Waals surface area contributed by atoms with Crippen LogP contribution in [0.25, 0.3) is 0 Å². The lowest BCUT2D eigenvalue weighted by Gasteiger charge is -2.32. The highest BCUT2D eigenvalue weighted by Crippen LogP contribution is 2.31. The number of benzene rings is 1. The van der Waals surface area contributed by atoms with Crippen LogP contribution in [0.5, 0.6) is 5.75 Å². The van der Waals surface area contributed by atoms with Crippen molar-refractivity contribution in [3.05, 3.63) is 57.5 Å². The molecule has 0 radical (unpaired) electrons. The SMILES string of the molecule is CN(C1CCCn2c1nc(C(=O)NCc1ccc(F)cc1)c(O)c2=O)S(=O)(=O)CS(C)(=O)=O. The minimum absolute atomic E-state index is 0.0370. The van der Waals surface area contributed by atoms with Crippen molar-refractivity contribution in [2.75, 3.05) is 18.4 Å².